The molecule has 2 amide bonds. The van der Waals surface area contributed by atoms with Crippen molar-refractivity contribution in [2.75, 3.05) is 25.6 Å². The molecule has 2 N–H and O–H groups in total. The second kappa shape index (κ2) is 10.1. The summed E-state index contributed by atoms with van der Waals surface area (Å²) in [6.45, 7) is 2.43. The van der Waals surface area contributed by atoms with E-state index in [-0.39, 0.29) is 35.1 Å². The second-order valence-electron chi connectivity index (χ2n) is 7.48. The van der Waals surface area contributed by atoms with Crippen LogP contribution in [0.5, 0.6) is 0 Å². The van der Waals surface area contributed by atoms with E-state index in [0.717, 1.165) is 12.8 Å². The number of nitrogens with zero attached hydrogens (tertiary/aromatic N) is 1. The maximum atomic E-state index is 12.9. The third-order valence-electron chi connectivity index (χ3n) is 5.00. The van der Waals surface area contributed by atoms with E-state index in [0.29, 0.717) is 18.7 Å². The number of anilines is 1. The highest BCUT2D eigenvalue weighted by molar-refractivity contribution is 7.89. The summed E-state index contributed by atoms with van der Waals surface area (Å²) in [5, 5.41) is 2.78. The van der Waals surface area contributed by atoms with Crippen LogP contribution >= 0.6 is 0 Å². The Hall–Kier alpha value is -2.69. The number of benzene rings is 1. The van der Waals surface area contributed by atoms with E-state index in [4.69, 9.17) is 9.15 Å². The largest absolute Gasteiger partial charge is 0.459 e. The zero-order valence-electron chi connectivity index (χ0n) is 17.5. The fourth-order valence-corrected chi connectivity index (χ4v) is 4.78. The van der Waals surface area contributed by atoms with Crippen molar-refractivity contribution in [2.45, 2.75) is 43.2 Å². The molecule has 0 spiro atoms. The number of ether oxygens (including phenoxy) is 1. The predicted octanol–water partition coefficient (Wildman–Crippen LogP) is 2.23. The summed E-state index contributed by atoms with van der Waals surface area (Å²) in [5.74, 6) is -0.436. The van der Waals surface area contributed by atoms with Gasteiger partial charge in [0, 0.05) is 25.4 Å². The third-order valence-corrected chi connectivity index (χ3v) is 6.61. The first-order chi connectivity index (χ1) is 14.8. The maximum absolute atomic E-state index is 12.9. The standard InChI is InChI=1S/C21H27N3O6S/c1-15(14-29-2)23-31(27,28)17-10-8-16(9-11-17)22-20(25)18-6-3-4-12-24(18)21(26)19-7-5-13-30-19/h5,7-11,13,15,18,23H,3-4,6,12,14H2,1-2H3,(H,22,25). The zero-order chi connectivity index (χ0) is 22.4. The van der Waals surface area contributed by atoms with Crippen LogP contribution < -0.4 is 10.0 Å². The van der Waals surface area contributed by atoms with E-state index in [2.05, 4.69) is 10.0 Å². The van der Waals surface area contributed by atoms with Crippen molar-refractivity contribution < 1.29 is 27.2 Å². The number of amides is 2. The highest BCUT2D eigenvalue weighted by Crippen LogP contribution is 2.22. The predicted molar refractivity (Wildman–Crippen MR) is 114 cm³/mol. The number of sulfonamides is 1. The van der Waals surface area contributed by atoms with Gasteiger partial charge in [-0.15, -0.1) is 0 Å². The number of likely N-dealkylation sites (tertiary alicyclic amines) is 1. The number of furan rings is 1. The molecule has 3 rings (SSSR count). The third kappa shape index (κ3) is 5.72. The molecule has 2 heterocycles. The van der Waals surface area contributed by atoms with Crippen molar-refractivity contribution in [3.63, 3.8) is 0 Å². The van der Waals surface area contributed by atoms with Gasteiger partial charge in [0.15, 0.2) is 5.76 Å². The van der Waals surface area contributed by atoms with Gasteiger partial charge in [0.25, 0.3) is 5.91 Å². The van der Waals surface area contributed by atoms with Crippen LogP contribution in [0.15, 0.2) is 52.0 Å². The smallest absolute Gasteiger partial charge is 0.290 e. The number of hydrogen-bond acceptors (Lipinski definition) is 6. The number of methoxy groups -OCH3 is 1. The van der Waals surface area contributed by atoms with Crippen LogP contribution in [0.3, 0.4) is 0 Å². The molecule has 1 aromatic carbocycles. The van der Waals surface area contributed by atoms with Crippen molar-refractivity contribution in [1.82, 2.24) is 9.62 Å². The fraction of sp³-hybridized carbons (Fsp3) is 0.429. The van der Waals surface area contributed by atoms with Crippen LogP contribution in [0, 0.1) is 0 Å². The summed E-state index contributed by atoms with van der Waals surface area (Å²) in [6.07, 6.45) is 3.62. The Kier molecular flexibility index (Phi) is 7.47. The van der Waals surface area contributed by atoms with Crippen LogP contribution in [-0.4, -0.2) is 57.5 Å². The first-order valence-electron chi connectivity index (χ1n) is 10.1. The van der Waals surface area contributed by atoms with Crippen molar-refractivity contribution in [2.24, 2.45) is 0 Å². The molecular formula is C21H27N3O6S. The summed E-state index contributed by atoms with van der Waals surface area (Å²) in [5.41, 5.74) is 0.449. The lowest BCUT2D eigenvalue weighted by Gasteiger charge is -2.34. The fourth-order valence-electron chi connectivity index (χ4n) is 3.55. The molecule has 0 saturated carbocycles. The number of carbonyl (C=O) groups excluding carboxylic acids is 2. The van der Waals surface area contributed by atoms with Crippen LogP contribution in [0.2, 0.25) is 0 Å². The number of carbonyl (C=O) groups is 2. The van der Waals surface area contributed by atoms with Crippen LogP contribution in [0.1, 0.15) is 36.7 Å². The molecule has 1 aromatic heterocycles. The van der Waals surface area contributed by atoms with Gasteiger partial charge in [0.1, 0.15) is 6.04 Å². The van der Waals surface area contributed by atoms with Crippen molar-refractivity contribution in [3.05, 3.63) is 48.4 Å². The van der Waals surface area contributed by atoms with Gasteiger partial charge in [-0.3, -0.25) is 9.59 Å². The van der Waals surface area contributed by atoms with Gasteiger partial charge < -0.3 is 19.4 Å². The molecule has 31 heavy (non-hydrogen) atoms. The molecule has 2 unspecified atom stereocenters. The minimum atomic E-state index is -3.70. The van der Waals surface area contributed by atoms with Crippen molar-refractivity contribution >= 4 is 27.5 Å². The van der Waals surface area contributed by atoms with Gasteiger partial charge in [-0.2, -0.15) is 0 Å². The van der Waals surface area contributed by atoms with Crippen LogP contribution in [0.25, 0.3) is 0 Å². The highest BCUT2D eigenvalue weighted by Gasteiger charge is 2.33. The molecule has 0 bridgehead atoms. The van der Waals surface area contributed by atoms with Crippen LogP contribution in [0.4, 0.5) is 5.69 Å². The Morgan fingerprint density at radius 3 is 2.61 bits per heavy atom. The van der Waals surface area contributed by atoms with Gasteiger partial charge in [0.05, 0.1) is 17.8 Å². The van der Waals surface area contributed by atoms with E-state index in [1.165, 1.54) is 42.5 Å². The summed E-state index contributed by atoms with van der Waals surface area (Å²) >= 11 is 0. The summed E-state index contributed by atoms with van der Waals surface area (Å²) in [6, 6.07) is 8.10. The van der Waals surface area contributed by atoms with E-state index < -0.39 is 16.1 Å². The molecular weight excluding hydrogens is 422 g/mol. The summed E-state index contributed by atoms with van der Waals surface area (Å²) < 4.78 is 37.5. The lowest BCUT2D eigenvalue weighted by Crippen LogP contribution is -2.49. The topological polar surface area (TPSA) is 118 Å². The lowest BCUT2D eigenvalue weighted by atomic mass is 10.0. The molecule has 1 saturated heterocycles. The summed E-state index contributed by atoms with van der Waals surface area (Å²) in [7, 11) is -2.20. The highest BCUT2D eigenvalue weighted by atomic mass is 32.2. The number of piperidine rings is 1. The number of rotatable bonds is 8. The Morgan fingerprint density at radius 1 is 1.23 bits per heavy atom. The molecule has 2 aromatic rings. The maximum Gasteiger partial charge on any atom is 0.290 e. The minimum Gasteiger partial charge on any atom is -0.459 e. The quantitative estimate of drug-likeness (QED) is 0.638. The molecule has 0 radical (unpaired) electrons. The molecule has 168 valence electrons. The Morgan fingerprint density at radius 2 is 1.97 bits per heavy atom. The van der Waals surface area contributed by atoms with E-state index >= 15 is 0 Å². The van der Waals surface area contributed by atoms with Crippen molar-refractivity contribution in [3.8, 4) is 0 Å². The number of hydrogen-bond donors (Lipinski definition) is 2. The Labute approximate surface area is 181 Å². The average molecular weight is 450 g/mol. The van der Waals surface area contributed by atoms with Gasteiger partial charge in [0.2, 0.25) is 15.9 Å². The van der Waals surface area contributed by atoms with E-state index in [9.17, 15) is 18.0 Å². The monoisotopic (exact) mass is 449 g/mol. The molecule has 10 heteroatoms. The van der Waals surface area contributed by atoms with Crippen molar-refractivity contribution in [1.29, 1.82) is 0 Å². The first-order valence-corrected chi connectivity index (χ1v) is 11.6. The average Bonchev–Trinajstić information content (AvgIpc) is 3.28. The molecule has 2 atom stereocenters. The minimum absolute atomic E-state index is 0.0840. The molecule has 0 aliphatic carbocycles. The van der Waals surface area contributed by atoms with E-state index in [1.54, 1.807) is 19.1 Å². The summed E-state index contributed by atoms with van der Waals surface area (Å²) in [4.78, 5) is 27.2. The number of nitrogens with one attached hydrogen (secondary N) is 2. The Balaban J connectivity index is 1.67. The lowest BCUT2D eigenvalue weighted by molar-refractivity contribution is -0.121. The zero-order valence-corrected chi connectivity index (χ0v) is 18.4. The normalized spacial score (nSPS) is 17.9. The van der Waals surface area contributed by atoms with Gasteiger partial charge in [-0.05, 0) is 62.6 Å². The first kappa shape index (κ1) is 23.0. The van der Waals surface area contributed by atoms with Crippen LogP contribution in [-0.2, 0) is 19.6 Å². The SMILES string of the molecule is COCC(C)NS(=O)(=O)c1ccc(NC(=O)C2CCCCN2C(=O)c2ccco2)cc1. The van der Waals surface area contributed by atoms with Gasteiger partial charge in [-0.25, -0.2) is 13.1 Å². The molecule has 1 aliphatic rings. The molecule has 1 aliphatic heterocycles. The Bertz CT molecular complexity index is 989. The van der Waals surface area contributed by atoms with E-state index in [1.807, 2.05) is 0 Å². The van der Waals surface area contributed by atoms with Gasteiger partial charge in [-0.1, -0.05) is 0 Å². The molecule has 1 fully saturated rings. The second-order valence-corrected chi connectivity index (χ2v) is 9.19. The van der Waals surface area contributed by atoms with Gasteiger partial charge >= 0.3 is 0 Å². The molecule has 9 nitrogen and oxygen atoms in total.